The van der Waals surface area contributed by atoms with E-state index in [1.165, 1.54) is 36.5 Å². The van der Waals surface area contributed by atoms with Gasteiger partial charge in [-0.05, 0) is 25.2 Å². The number of nitrogens with zero attached hydrogens (tertiary/aromatic N) is 2. The quantitative estimate of drug-likeness (QED) is 0.886. The molecular weight excluding hydrogens is 222 g/mol. The van der Waals surface area contributed by atoms with Gasteiger partial charge < -0.3 is 9.88 Å². The van der Waals surface area contributed by atoms with Crippen molar-refractivity contribution >= 4 is 0 Å². The van der Waals surface area contributed by atoms with Crippen molar-refractivity contribution in [2.45, 2.75) is 65.0 Å². The Morgan fingerprint density at radius 3 is 2.78 bits per heavy atom. The van der Waals surface area contributed by atoms with Crippen LogP contribution in [-0.2, 0) is 13.0 Å². The first kappa shape index (κ1) is 12.2. The van der Waals surface area contributed by atoms with E-state index in [-0.39, 0.29) is 0 Å². The molecule has 0 amide bonds. The van der Waals surface area contributed by atoms with Crippen LogP contribution in [0, 0.1) is 5.92 Å². The topological polar surface area (TPSA) is 29.9 Å². The third-order valence-electron chi connectivity index (χ3n) is 4.41. The largest absolute Gasteiger partial charge is 0.328 e. The van der Waals surface area contributed by atoms with Crippen molar-refractivity contribution in [3.63, 3.8) is 0 Å². The minimum atomic E-state index is 0.634. The molecule has 18 heavy (non-hydrogen) atoms. The highest BCUT2D eigenvalue weighted by Gasteiger charge is 2.34. The lowest BCUT2D eigenvalue weighted by Crippen LogP contribution is -2.27. The second-order valence-corrected chi connectivity index (χ2v) is 6.15. The average molecular weight is 247 g/mol. The number of imidazole rings is 1. The molecule has 1 aromatic rings. The summed E-state index contributed by atoms with van der Waals surface area (Å²) in [7, 11) is 0. The zero-order valence-corrected chi connectivity index (χ0v) is 11.9. The van der Waals surface area contributed by atoms with Crippen LogP contribution in [0.3, 0.4) is 0 Å². The molecule has 1 aromatic heterocycles. The SMILES string of the molecule is CCC(C(C)C)n1c(C2CC2)nc2c1CCNC2. The molecule has 2 heterocycles. The Labute approximate surface area is 110 Å². The Morgan fingerprint density at radius 1 is 1.39 bits per heavy atom. The molecule has 1 N–H and O–H groups in total. The van der Waals surface area contributed by atoms with Gasteiger partial charge in [0.2, 0.25) is 0 Å². The summed E-state index contributed by atoms with van der Waals surface area (Å²) in [5.74, 6) is 2.84. The maximum Gasteiger partial charge on any atom is 0.112 e. The molecule has 3 heteroatoms. The monoisotopic (exact) mass is 247 g/mol. The van der Waals surface area contributed by atoms with Gasteiger partial charge in [-0.15, -0.1) is 0 Å². The fraction of sp³-hybridized carbons (Fsp3) is 0.800. The van der Waals surface area contributed by atoms with Crippen molar-refractivity contribution in [1.29, 1.82) is 0 Å². The summed E-state index contributed by atoms with van der Waals surface area (Å²) in [6.45, 7) is 9.08. The Hall–Kier alpha value is -0.830. The summed E-state index contributed by atoms with van der Waals surface area (Å²) in [6, 6.07) is 0.634. The number of rotatable bonds is 4. The maximum absolute atomic E-state index is 4.96. The van der Waals surface area contributed by atoms with Gasteiger partial charge in [-0.25, -0.2) is 4.98 Å². The minimum absolute atomic E-state index is 0.634. The van der Waals surface area contributed by atoms with E-state index in [4.69, 9.17) is 4.98 Å². The molecule has 0 spiro atoms. The second kappa shape index (κ2) is 4.69. The lowest BCUT2D eigenvalue weighted by atomic mass is 10.00. The van der Waals surface area contributed by atoms with Crippen LogP contribution in [0.1, 0.15) is 69.2 Å². The number of aromatic nitrogens is 2. The molecule has 0 saturated heterocycles. The molecule has 1 fully saturated rings. The van der Waals surface area contributed by atoms with Crippen LogP contribution in [0.2, 0.25) is 0 Å². The molecular formula is C15H25N3. The van der Waals surface area contributed by atoms with Gasteiger partial charge in [-0.1, -0.05) is 20.8 Å². The molecule has 0 bridgehead atoms. The fourth-order valence-electron chi connectivity index (χ4n) is 3.31. The van der Waals surface area contributed by atoms with Crippen molar-refractivity contribution in [3.05, 3.63) is 17.2 Å². The summed E-state index contributed by atoms with van der Waals surface area (Å²) in [5.41, 5.74) is 2.85. The van der Waals surface area contributed by atoms with Crippen LogP contribution in [0.25, 0.3) is 0 Å². The van der Waals surface area contributed by atoms with Crippen LogP contribution < -0.4 is 5.32 Å². The van der Waals surface area contributed by atoms with E-state index in [9.17, 15) is 0 Å². The second-order valence-electron chi connectivity index (χ2n) is 6.15. The van der Waals surface area contributed by atoms with Crippen LogP contribution in [0.15, 0.2) is 0 Å². The predicted octanol–water partition coefficient (Wildman–Crippen LogP) is 3.01. The molecule has 1 aliphatic carbocycles. The molecule has 1 aliphatic heterocycles. The molecule has 0 aromatic carbocycles. The lowest BCUT2D eigenvalue weighted by Gasteiger charge is -2.27. The number of fused-ring (bicyclic) bond motifs is 1. The van der Waals surface area contributed by atoms with Crippen LogP contribution in [0.4, 0.5) is 0 Å². The summed E-state index contributed by atoms with van der Waals surface area (Å²) in [4.78, 5) is 4.96. The first-order chi connectivity index (χ1) is 8.72. The Bertz CT molecular complexity index is 429. The normalized spacial score (nSPS) is 21.1. The van der Waals surface area contributed by atoms with Gasteiger partial charge in [0.05, 0.1) is 5.69 Å². The van der Waals surface area contributed by atoms with Crippen molar-refractivity contribution in [2.75, 3.05) is 6.54 Å². The van der Waals surface area contributed by atoms with E-state index >= 15 is 0 Å². The van der Waals surface area contributed by atoms with E-state index in [1.54, 1.807) is 0 Å². The first-order valence-electron chi connectivity index (χ1n) is 7.53. The van der Waals surface area contributed by atoms with Crippen LogP contribution >= 0.6 is 0 Å². The Balaban J connectivity index is 2.06. The molecule has 3 rings (SSSR count). The van der Waals surface area contributed by atoms with Gasteiger partial charge in [-0.3, -0.25) is 0 Å². The predicted molar refractivity (Wildman–Crippen MR) is 73.8 cm³/mol. The summed E-state index contributed by atoms with van der Waals surface area (Å²) >= 11 is 0. The molecule has 100 valence electrons. The van der Waals surface area contributed by atoms with Crippen LogP contribution in [-0.4, -0.2) is 16.1 Å². The van der Waals surface area contributed by atoms with Gasteiger partial charge in [-0.2, -0.15) is 0 Å². The van der Waals surface area contributed by atoms with Crippen LogP contribution in [0.5, 0.6) is 0 Å². The summed E-state index contributed by atoms with van der Waals surface area (Å²) in [6.07, 6.45) is 5.06. The number of nitrogens with one attached hydrogen (secondary N) is 1. The van der Waals surface area contributed by atoms with E-state index in [0.717, 1.165) is 25.4 Å². The fourth-order valence-corrected chi connectivity index (χ4v) is 3.31. The molecule has 2 aliphatic rings. The standard InChI is InChI=1S/C15H25N3/c1-4-13(10(2)3)18-14-7-8-16-9-12(14)17-15(18)11-5-6-11/h10-11,13,16H,4-9H2,1-3H3. The first-order valence-corrected chi connectivity index (χ1v) is 7.53. The summed E-state index contributed by atoms with van der Waals surface area (Å²) in [5, 5.41) is 3.45. The highest BCUT2D eigenvalue weighted by molar-refractivity contribution is 5.25. The highest BCUT2D eigenvalue weighted by Crippen LogP contribution is 2.42. The minimum Gasteiger partial charge on any atom is -0.328 e. The number of hydrogen-bond acceptors (Lipinski definition) is 2. The van der Waals surface area contributed by atoms with E-state index < -0.39 is 0 Å². The van der Waals surface area contributed by atoms with Gasteiger partial charge in [0.25, 0.3) is 0 Å². The van der Waals surface area contributed by atoms with Gasteiger partial charge in [0.15, 0.2) is 0 Å². The van der Waals surface area contributed by atoms with E-state index in [1.807, 2.05) is 0 Å². The Morgan fingerprint density at radius 2 is 2.17 bits per heavy atom. The van der Waals surface area contributed by atoms with E-state index in [0.29, 0.717) is 12.0 Å². The van der Waals surface area contributed by atoms with E-state index in [2.05, 4.69) is 30.7 Å². The maximum atomic E-state index is 4.96. The van der Waals surface area contributed by atoms with Crippen molar-refractivity contribution in [1.82, 2.24) is 14.9 Å². The lowest BCUT2D eigenvalue weighted by molar-refractivity contribution is 0.345. The van der Waals surface area contributed by atoms with Gasteiger partial charge in [0, 0.05) is 37.2 Å². The summed E-state index contributed by atoms with van der Waals surface area (Å²) < 4.78 is 2.62. The smallest absolute Gasteiger partial charge is 0.112 e. The molecule has 3 nitrogen and oxygen atoms in total. The van der Waals surface area contributed by atoms with Crippen molar-refractivity contribution in [2.24, 2.45) is 5.92 Å². The van der Waals surface area contributed by atoms with Gasteiger partial charge >= 0.3 is 0 Å². The van der Waals surface area contributed by atoms with Crippen molar-refractivity contribution in [3.8, 4) is 0 Å². The third kappa shape index (κ3) is 1.99. The zero-order valence-electron chi connectivity index (χ0n) is 11.9. The Kier molecular flexibility index (Phi) is 3.18. The molecule has 1 unspecified atom stereocenters. The van der Waals surface area contributed by atoms with Gasteiger partial charge in [0.1, 0.15) is 5.82 Å². The molecule has 1 atom stereocenters. The number of hydrogen-bond donors (Lipinski definition) is 1. The molecule has 0 radical (unpaired) electrons. The zero-order chi connectivity index (χ0) is 12.7. The third-order valence-corrected chi connectivity index (χ3v) is 4.41. The van der Waals surface area contributed by atoms with Crippen molar-refractivity contribution < 1.29 is 0 Å². The molecule has 1 saturated carbocycles. The average Bonchev–Trinajstić information content (AvgIpc) is 3.13. The highest BCUT2D eigenvalue weighted by atomic mass is 15.2.